The minimum absolute atomic E-state index is 0.0278. The molecular weight excluding hydrogens is 344 g/mol. The molecule has 0 bridgehead atoms. The number of anilines is 1. The van der Waals surface area contributed by atoms with Crippen LogP contribution in [0.3, 0.4) is 0 Å². The number of nitrogens with one attached hydrogen (secondary N) is 2. The van der Waals surface area contributed by atoms with Crippen LogP contribution in [-0.2, 0) is 22.4 Å². The van der Waals surface area contributed by atoms with E-state index in [1.807, 2.05) is 24.3 Å². The van der Waals surface area contributed by atoms with Gasteiger partial charge >= 0.3 is 5.97 Å². The molecule has 2 amide bonds. The quantitative estimate of drug-likeness (QED) is 0.702. The highest BCUT2D eigenvalue weighted by atomic mass is 16.4. The Hall–Kier alpha value is -3.15. The predicted molar refractivity (Wildman–Crippen MR) is 102 cm³/mol. The molecule has 2 aromatic rings. The van der Waals surface area contributed by atoms with Crippen molar-refractivity contribution in [3.05, 3.63) is 65.2 Å². The molecule has 1 atom stereocenters. The number of carboxylic acid groups (broad SMARTS) is 1. The first-order chi connectivity index (χ1) is 13.0. The second kappa shape index (κ2) is 8.49. The van der Waals surface area contributed by atoms with E-state index in [0.717, 1.165) is 16.8 Å². The Morgan fingerprint density at radius 2 is 1.85 bits per heavy atom. The van der Waals surface area contributed by atoms with Crippen LogP contribution < -0.4 is 10.6 Å². The SMILES string of the molecule is O=C(CC[C@@H]1Cc2ccccc2NC1=O)NCCc1ccc(C(=O)O)cc1. The van der Waals surface area contributed by atoms with Crippen molar-refractivity contribution in [2.24, 2.45) is 5.92 Å². The number of para-hydroxylation sites is 1. The molecule has 6 heteroatoms. The summed E-state index contributed by atoms with van der Waals surface area (Å²) >= 11 is 0. The third kappa shape index (κ3) is 4.94. The first-order valence-corrected chi connectivity index (χ1v) is 9.00. The Kier molecular flexibility index (Phi) is 5.86. The average Bonchev–Trinajstić information content (AvgIpc) is 2.66. The molecule has 6 nitrogen and oxygen atoms in total. The van der Waals surface area contributed by atoms with Crippen LogP contribution in [0.15, 0.2) is 48.5 Å². The van der Waals surface area contributed by atoms with Gasteiger partial charge in [0.15, 0.2) is 0 Å². The van der Waals surface area contributed by atoms with E-state index >= 15 is 0 Å². The van der Waals surface area contributed by atoms with Crippen LogP contribution in [0.1, 0.15) is 34.3 Å². The number of amides is 2. The largest absolute Gasteiger partial charge is 0.478 e. The van der Waals surface area contributed by atoms with E-state index in [9.17, 15) is 14.4 Å². The van der Waals surface area contributed by atoms with Crippen LogP contribution >= 0.6 is 0 Å². The zero-order valence-electron chi connectivity index (χ0n) is 14.9. The number of hydrogen-bond donors (Lipinski definition) is 3. The number of fused-ring (bicyclic) bond motifs is 1. The van der Waals surface area contributed by atoms with Gasteiger partial charge in [-0.3, -0.25) is 9.59 Å². The Morgan fingerprint density at radius 1 is 1.11 bits per heavy atom. The molecule has 1 heterocycles. The molecule has 0 radical (unpaired) electrons. The van der Waals surface area contributed by atoms with E-state index in [0.29, 0.717) is 32.2 Å². The van der Waals surface area contributed by atoms with Crippen LogP contribution in [0, 0.1) is 5.92 Å². The summed E-state index contributed by atoms with van der Waals surface area (Å²) in [7, 11) is 0. The fourth-order valence-electron chi connectivity index (χ4n) is 3.20. The first kappa shape index (κ1) is 18.6. The topological polar surface area (TPSA) is 95.5 Å². The van der Waals surface area contributed by atoms with Crippen LogP contribution in [-0.4, -0.2) is 29.4 Å². The summed E-state index contributed by atoms with van der Waals surface area (Å²) in [6.07, 6.45) is 2.10. The molecule has 0 unspecified atom stereocenters. The monoisotopic (exact) mass is 366 g/mol. The van der Waals surface area contributed by atoms with E-state index < -0.39 is 5.97 Å². The normalized spacial score (nSPS) is 15.6. The summed E-state index contributed by atoms with van der Waals surface area (Å²) in [5, 5.41) is 14.6. The number of carboxylic acids is 1. The van der Waals surface area contributed by atoms with Gasteiger partial charge in [0.2, 0.25) is 11.8 Å². The van der Waals surface area contributed by atoms with E-state index in [2.05, 4.69) is 10.6 Å². The fraction of sp³-hybridized carbons (Fsp3) is 0.286. The molecule has 1 aliphatic heterocycles. The zero-order chi connectivity index (χ0) is 19.2. The average molecular weight is 366 g/mol. The molecule has 0 fully saturated rings. The van der Waals surface area contributed by atoms with E-state index in [1.54, 1.807) is 24.3 Å². The van der Waals surface area contributed by atoms with Crippen molar-refractivity contribution in [3.63, 3.8) is 0 Å². The van der Waals surface area contributed by atoms with Crippen molar-refractivity contribution in [3.8, 4) is 0 Å². The Bertz CT molecular complexity index is 846. The predicted octanol–water partition coefficient (Wildman–Crippen LogP) is 2.63. The van der Waals surface area contributed by atoms with Gasteiger partial charge in [0.25, 0.3) is 0 Å². The van der Waals surface area contributed by atoms with Gasteiger partial charge in [-0.05, 0) is 48.6 Å². The standard InChI is InChI=1S/C21H22N2O4/c24-19(22-12-11-14-5-7-15(8-6-14)21(26)27)10-9-17-13-16-3-1-2-4-18(16)23-20(17)25/h1-8,17H,9-13H2,(H,22,24)(H,23,25)(H,26,27)/t17-/m1/s1. The highest BCUT2D eigenvalue weighted by Gasteiger charge is 2.26. The second-order valence-corrected chi connectivity index (χ2v) is 6.69. The zero-order valence-corrected chi connectivity index (χ0v) is 14.9. The lowest BCUT2D eigenvalue weighted by atomic mass is 9.89. The van der Waals surface area contributed by atoms with E-state index in [1.165, 1.54) is 0 Å². The summed E-state index contributed by atoms with van der Waals surface area (Å²) < 4.78 is 0. The van der Waals surface area contributed by atoms with Crippen LogP contribution in [0.5, 0.6) is 0 Å². The number of hydrogen-bond acceptors (Lipinski definition) is 3. The number of carbonyl (C=O) groups excluding carboxylic acids is 2. The summed E-state index contributed by atoms with van der Waals surface area (Å²) in [4.78, 5) is 35.0. The van der Waals surface area contributed by atoms with Crippen molar-refractivity contribution in [1.82, 2.24) is 5.32 Å². The van der Waals surface area contributed by atoms with Crippen molar-refractivity contribution >= 4 is 23.5 Å². The second-order valence-electron chi connectivity index (χ2n) is 6.69. The summed E-state index contributed by atoms with van der Waals surface area (Å²) in [6, 6.07) is 14.3. The molecule has 0 aromatic heterocycles. The minimum atomic E-state index is -0.954. The van der Waals surface area contributed by atoms with Crippen molar-refractivity contribution in [2.45, 2.75) is 25.7 Å². The molecule has 0 saturated heterocycles. The van der Waals surface area contributed by atoms with Gasteiger partial charge in [-0.25, -0.2) is 4.79 Å². The molecule has 140 valence electrons. The smallest absolute Gasteiger partial charge is 0.335 e. The molecule has 0 saturated carbocycles. The third-order valence-corrected chi connectivity index (χ3v) is 4.77. The van der Waals surface area contributed by atoms with Crippen molar-refractivity contribution in [1.29, 1.82) is 0 Å². The lowest BCUT2D eigenvalue weighted by molar-refractivity contribution is -0.122. The number of aromatic carboxylic acids is 1. The van der Waals surface area contributed by atoms with Gasteiger partial charge in [-0.1, -0.05) is 30.3 Å². The first-order valence-electron chi connectivity index (χ1n) is 9.00. The molecule has 3 rings (SSSR count). The summed E-state index contributed by atoms with van der Waals surface area (Å²) in [5.41, 5.74) is 3.17. The molecule has 2 aromatic carbocycles. The maximum absolute atomic E-state index is 12.2. The lowest BCUT2D eigenvalue weighted by Crippen LogP contribution is -2.32. The van der Waals surface area contributed by atoms with Gasteiger partial charge in [-0.2, -0.15) is 0 Å². The molecule has 27 heavy (non-hydrogen) atoms. The van der Waals surface area contributed by atoms with Gasteiger partial charge in [0.1, 0.15) is 0 Å². The third-order valence-electron chi connectivity index (χ3n) is 4.77. The highest BCUT2D eigenvalue weighted by molar-refractivity contribution is 5.96. The fourth-order valence-corrected chi connectivity index (χ4v) is 3.20. The number of carbonyl (C=O) groups is 3. The number of rotatable bonds is 7. The van der Waals surface area contributed by atoms with Crippen molar-refractivity contribution in [2.75, 3.05) is 11.9 Å². The van der Waals surface area contributed by atoms with Gasteiger partial charge in [-0.15, -0.1) is 0 Å². The maximum Gasteiger partial charge on any atom is 0.335 e. The summed E-state index contributed by atoms with van der Waals surface area (Å²) in [6.45, 7) is 0.477. The van der Waals surface area contributed by atoms with Gasteiger partial charge in [0, 0.05) is 24.6 Å². The van der Waals surface area contributed by atoms with E-state index in [4.69, 9.17) is 5.11 Å². The molecule has 0 spiro atoms. The molecular formula is C21H22N2O4. The van der Waals surface area contributed by atoms with Crippen LogP contribution in [0.4, 0.5) is 5.69 Å². The minimum Gasteiger partial charge on any atom is -0.478 e. The summed E-state index contributed by atoms with van der Waals surface area (Å²) in [5.74, 6) is -1.25. The maximum atomic E-state index is 12.2. The van der Waals surface area contributed by atoms with E-state index in [-0.39, 0.29) is 23.3 Å². The Morgan fingerprint density at radius 3 is 2.59 bits per heavy atom. The van der Waals surface area contributed by atoms with Gasteiger partial charge in [0.05, 0.1) is 5.56 Å². The Labute approximate surface area is 157 Å². The van der Waals surface area contributed by atoms with Crippen molar-refractivity contribution < 1.29 is 19.5 Å². The van der Waals surface area contributed by atoms with Gasteiger partial charge < -0.3 is 15.7 Å². The number of benzene rings is 2. The molecule has 1 aliphatic rings. The van der Waals surface area contributed by atoms with Crippen LogP contribution in [0.2, 0.25) is 0 Å². The molecule has 3 N–H and O–H groups in total. The molecule has 0 aliphatic carbocycles. The highest BCUT2D eigenvalue weighted by Crippen LogP contribution is 2.27. The Balaban J connectivity index is 1.41. The lowest BCUT2D eigenvalue weighted by Gasteiger charge is -2.24. The van der Waals surface area contributed by atoms with Crippen LogP contribution in [0.25, 0.3) is 0 Å².